The van der Waals surface area contributed by atoms with Gasteiger partial charge in [0.2, 0.25) is 0 Å². The number of rotatable bonds is 1. The maximum Gasteiger partial charge on any atom is 0.0650 e. The minimum absolute atomic E-state index is 1.06. The number of nitrogens with zero attached hydrogens (tertiary/aromatic N) is 2. The summed E-state index contributed by atoms with van der Waals surface area (Å²) in [5.74, 6) is 0. The first-order valence-corrected chi connectivity index (χ1v) is 6.18. The van der Waals surface area contributed by atoms with Crippen LogP contribution in [0.2, 0.25) is 0 Å². The van der Waals surface area contributed by atoms with Crippen molar-refractivity contribution in [2.24, 2.45) is 0 Å². The standard InChI is InChI=1S/C16H11N3/c1-2-12-9-17-7-6-15(12)14(3-1)11-4-5-16-13(8-11)10-18-19-16/h1-10H,(H,18,19). The molecule has 0 aliphatic heterocycles. The molecule has 0 saturated carbocycles. The number of benzene rings is 2. The van der Waals surface area contributed by atoms with Crippen molar-refractivity contribution in [1.82, 2.24) is 15.2 Å². The van der Waals surface area contributed by atoms with Gasteiger partial charge in [-0.15, -0.1) is 0 Å². The summed E-state index contributed by atoms with van der Waals surface area (Å²) < 4.78 is 0. The van der Waals surface area contributed by atoms with Gasteiger partial charge in [-0.1, -0.05) is 24.3 Å². The zero-order chi connectivity index (χ0) is 12.7. The highest BCUT2D eigenvalue weighted by Gasteiger charge is 2.05. The van der Waals surface area contributed by atoms with E-state index in [9.17, 15) is 0 Å². The van der Waals surface area contributed by atoms with Crippen molar-refractivity contribution in [1.29, 1.82) is 0 Å². The summed E-state index contributed by atoms with van der Waals surface area (Å²) in [4.78, 5) is 4.17. The SMILES string of the molecule is c1cc(-c2ccc3[nH]ncc3c2)c2ccncc2c1. The van der Waals surface area contributed by atoms with Crippen LogP contribution in [0.5, 0.6) is 0 Å². The topological polar surface area (TPSA) is 41.6 Å². The molecule has 0 saturated heterocycles. The Morgan fingerprint density at radius 3 is 2.89 bits per heavy atom. The lowest BCUT2D eigenvalue weighted by Gasteiger charge is -2.06. The van der Waals surface area contributed by atoms with E-state index in [2.05, 4.69) is 57.6 Å². The Bertz CT molecular complexity index is 872. The fourth-order valence-electron chi connectivity index (χ4n) is 2.48. The van der Waals surface area contributed by atoms with E-state index in [0.717, 1.165) is 16.3 Å². The summed E-state index contributed by atoms with van der Waals surface area (Å²) in [5, 5.41) is 10.5. The molecule has 2 heterocycles. The molecule has 2 aromatic heterocycles. The fourth-order valence-corrected chi connectivity index (χ4v) is 2.48. The number of aromatic amines is 1. The molecule has 0 bridgehead atoms. The van der Waals surface area contributed by atoms with Crippen molar-refractivity contribution in [3.63, 3.8) is 0 Å². The van der Waals surface area contributed by atoms with Gasteiger partial charge in [-0.2, -0.15) is 5.10 Å². The van der Waals surface area contributed by atoms with Gasteiger partial charge < -0.3 is 0 Å². The highest BCUT2D eigenvalue weighted by molar-refractivity contribution is 5.98. The normalized spacial score (nSPS) is 11.2. The van der Waals surface area contributed by atoms with E-state index < -0.39 is 0 Å². The highest BCUT2D eigenvalue weighted by Crippen LogP contribution is 2.29. The van der Waals surface area contributed by atoms with Gasteiger partial charge in [-0.25, -0.2) is 0 Å². The maximum absolute atomic E-state index is 4.17. The molecular weight excluding hydrogens is 234 g/mol. The van der Waals surface area contributed by atoms with E-state index in [4.69, 9.17) is 0 Å². The molecule has 0 spiro atoms. The predicted molar refractivity (Wildman–Crippen MR) is 76.8 cm³/mol. The highest BCUT2D eigenvalue weighted by atomic mass is 15.1. The van der Waals surface area contributed by atoms with Crippen LogP contribution in [-0.2, 0) is 0 Å². The second-order valence-electron chi connectivity index (χ2n) is 4.57. The van der Waals surface area contributed by atoms with Crippen molar-refractivity contribution in [2.45, 2.75) is 0 Å². The minimum Gasteiger partial charge on any atom is -0.278 e. The average Bonchev–Trinajstić information content (AvgIpc) is 2.94. The first-order valence-electron chi connectivity index (χ1n) is 6.18. The first kappa shape index (κ1) is 10.3. The Hall–Kier alpha value is -2.68. The lowest BCUT2D eigenvalue weighted by molar-refractivity contribution is 1.12. The molecule has 3 nitrogen and oxygen atoms in total. The van der Waals surface area contributed by atoms with E-state index in [0.29, 0.717) is 0 Å². The Labute approximate surface area is 109 Å². The third-order valence-electron chi connectivity index (χ3n) is 3.43. The van der Waals surface area contributed by atoms with Crippen LogP contribution in [0, 0.1) is 0 Å². The van der Waals surface area contributed by atoms with Gasteiger partial charge in [-0.3, -0.25) is 10.1 Å². The largest absolute Gasteiger partial charge is 0.278 e. The quantitative estimate of drug-likeness (QED) is 0.554. The van der Waals surface area contributed by atoms with Crippen molar-refractivity contribution in [2.75, 3.05) is 0 Å². The Balaban J connectivity index is 2.03. The van der Waals surface area contributed by atoms with Gasteiger partial charge in [0.15, 0.2) is 0 Å². The van der Waals surface area contributed by atoms with Gasteiger partial charge in [0.05, 0.1) is 11.7 Å². The van der Waals surface area contributed by atoms with Crippen LogP contribution in [0.4, 0.5) is 0 Å². The van der Waals surface area contributed by atoms with Crippen LogP contribution in [-0.4, -0.2) is 15.2 Å². The number of pyridine rings is 1. The average molecular weight is 245 g/mol. The monoisotopic (exact) mass is 245 g/mol. The fraction of sp³-hybridized carbons (Fsp3) is 0. The molecule has 0 radical (unpaired) electrons. The minimum atomic E-state index is 1.06. The molecule has 1 N–H and O–H groups in total. The van der Waals surface area contributed by atoms with Gasteiger partial charge in [0.25, 0.3) is 0 Å². The van der Waals surface area contributed by atoms with Crippen molar-refractivity contribution < 1.29 is 0 Å². The number of H-pyrrole nitrogens is 1. The van der Waals surface area contributed by atoms with E-state index in [1.807, 2.05) is 18.6 Å². The number of hydrogen-bond acceptors (Lipinski definition) is 2. The maximum atomic E-state index is 4.17. The van der Waals surface area contributed by atoms with Gasteiger partial charge in [0, 0.05) is 23.2 Å². The lowest BCUT2D eigenvalue weighted by Crippen LogP contribution is -1.82. The van der Waals surface area contributed by atoms with Gasteiger partial charge >= 0.3 is 0 Å². The Kier molecular flexibility index (Phi) is 2.12. The van der Waals surface area contributed by atoms with Crippen molar-refractivity contribution in [3.8, 4) is 11.1 Å². The number of hydrogen-bond donors (Lipinski definition) is 1. The van der Waals surface area contributed by atoms with Crippen LogP contribution >= 0.6 is 0 Å². The van der Waals surface area contributed by atoms with Crippen LogP contribution in [0.25, 0.3) is 32.8 Å². The molecule has 0 fully saturated rings. The van der Waals surface area contributed by atoms with Crippen molar-refractivity contribution in [3.05, 3.63) is 61.1 Å². The number of nitrogens with one attached hydrogen (secondary N) is 1. The third kappa shape index (κ3) is 1.59. The molecule has 19 heavy (non-hydrogen) atoms. The first-order chi connectivity index (χ1) is 9.42. The molecular formula is C16H11N3. The summed E-state index contributed by atoms with van der Waals surface area (Å²) >= 11 is 0. The van der Waals surface area contributed by atoms with E-state index >= 15 is 0 Å². The summed E-state index contributed by atoms with van der Waals surface area (Å²) in [6.07, 6.45) is 5.59. The number of fused-ring (bicyclic) bond motifs is 2. The summed E-state index contributed by atoms with van der Waals surface area (Å²) in [6.45, 7) is 0. The second-order valence-corrected chi connectivity index (χ2v) is 4.57. The zero-order valence-corrected chi connectivity index (χ0v) is 10.2. The van der Waals surface area contributed by atoms with Gasteiger partial charge in [0.1, 0.15) is 0 Å². The molecule has 0 unspecified atom stereocenters. The van der Waals surface area contributed by atoms with Gasteiger partial charge in [-0.05, 0) is 34.7 Å². The molecule has 4 rings (SSSR count). The predicted octanol–water partition coefficient (Wildman–Crippen LogP) is 3.78. The van der Waals surface area contributed by atoms with E-state index in [-0.39, 0.29) is 0 Å². The molecule has 4 aromatic rings. The van der Waals surface area contributed by atoms with E-state index in [1.54, 1.807) is 0 Å². The molecule has 3 heteroatoms. The summed E-state index contributed by atoms with van der Waals surface area (Å²) in [5.41, 5.74) is 3.49. The van der Waals surface area contributed by atoms with E-state index in [1.165, 1.54) is 16.5 Å². The van der Waals surface area contributed by atoms with Crippen LogP contribution in [0.1, 0.15) is 0 Å². The van der Waals surface area contributed by atoms with Crippen LogP contribution in [0.15, 0.2) is 61.1 Å². The van der Waals surface area contributed by atoms with Crippen molar-refractivity contribution >= 4 is 21.7 Å². The molecule has 90 valence electrons. The lowest BCUT2D eigenvalue weighted by atomic mass is 9.99. The Morgan fingerprint density at radius 1 is 0.895 bits per heavy atom. The summed E-state index contributed by atoms with van der Waals surface area (Å²) in [6, 6.07) is 14.7. The van der Waals surface area contributed by atoms with Crippen LogP contribution in [0.3, 0.4) is 0 Å². The molecule has 2 aromatic carbocycles. The smallest absolute Gasteiger partial charge is 0.0650 e. The summed E-state index contributed by atoms with van der Waals surface area (Å²) in [7, 11) is 0. The molecule has 0 aliphatic rings. The van der Waals surface area contributed by atoms with Crippen LogP contribution < -0.4 is 0 Å². The number of aromatic nitrogens is 3. The zero-order valence-electron chi connectivity index (χ0n) is 10.2. The molecule has 0 amide bonds. The second kappa shape index (κ2) is 3.92. The third-order valence-corrected chi connectivity index (χ3v) is 3.43. The Morgan fingerprint density at radius 2 is 1.89 bits per heavy atom. The molecule has 0 atom stereocenters. The molecule has 0 aliphatic carbocycles.